The van der Waals surface area contributed by atoms with Gasteiger partial charge in [-0.2, -0.15) is 13.2 Å². The van der Waals surface area contributed by atoms with E-state index in [1.165, 1.54) is 23.7 Å². The number of nitrogens with one attached hydrogen (secondary N) is 1. The molecule has 0 bridgehead atoms. The number of nitrogens with zero attached hydrogens (tertiary/aromatic N) is 3. The number of rotatable bonds is 5. The van der Waals surface area contributed by atoms with Crippen molar-refractivity contribution in [2.75, 3.05) is 6.54 Å². The van der Waals surface area contributed by atoms with Gasteiger partial charge in [0.25, 0.3) is 0 Å². The van der Waals surface area contributed by atoms with Crippen LogP contribution in [0, 0.1) is 5.92 Å². The molecule has 1 aliphatic carbocycles. The summed E-state index contributed by atoms with van der Waals surface area (Å²) in [4.78, 5) is 12.3. The van der Waals surface area contributed by atoms with Crippen LogP contribution < -0.4 is 5.32 Å². The number of hydrogen-bond acceptors (Lipinski definition) is 4. The van der Waals surface area contributed by atoms with Gasteiger partial charge in [0.05, 0.1) is 15.8 Å². The second-order valence-electron chi connectivity index (χ2n) is 6.76. The van der Waals surface area contributed by atoms with Crippen molar-refractivity contribution in [2.24, 2.45) is 5.92 Å². The second kappa shape index (κ2) is 8.26. The normalized spacial score (nSPS) is 17.2. The fourth-order valence-electron chi connectivity index (χ4n) is 3.16. The molecule has 1 fully saturated rings. The lowest BCUT2D eigenvalue weighted by Gasteiger charge is -2.22. The molecule has 1 atom stereocenters. The smallest absolute Gasteiger partial charge is 0.355 e. The molecule has 2 heterocycles. The van der Waals surface area contributed by atoms with Crippen LogP contribution >= 0.6 is 23.4 Å². The van der Waals surface area contributed by atoms with Crippen molar-refractivity contribution in [3.8, 4) is 0 Å². The highest BCUT2D eigenvalue weighted by Gasteiger charge is 2.32. The Labute approximate surface area is 164 Å². The maximum absolute atomic E-state index is 13.0. The average molecular weight is 421 g/mol. The first-order valence-corrected chi connectivity index (χ1v) is 10.1. The zero-order valence-corrected chi connectivity index (χ0v) is 16.3. The third-order valence-electron chi connectivity index (χ3n) is 4.70. The van der Waals surface area contributed by atoms with E-state index in [4.69, 9.17) is 11.6 Å². The van der Waals surface area contributed by atoms with Crippen molar-refractivity contribution >= 4 is 34.9 Å². The van der Waals surface area contributed by atoms with Crippen LogP contribution in [0.1, 0.15) is 44.6 Å². The first-order chi connectivity index (χ1) is 12.8. The Morgan fingerprint density at radius 1 is 1.37 bits per heavy atom. The van der Waals surface area contributed by atoms with Gasteiger partial charge in [0.1, 0.15) is 0 Å². The first kappa shape index (κ1) is 20.3. The second-order valence-corrected chi connectivity index (χ2v) is 8.48. The summed E-state index contributed by atoms with van der Waals surface area (Å²) >= 11 is 6.96. The van der Waals surface area contributed by atoms with Crippen molar-refractivity contribution in [1.82, 2.24) is 19.9 Å². The molecular formula is C17H20ClF3N4OS. The van der Waals surface area contributed by atoms with Gasteiger partial charge < -0.3 is 5.32 Å². The minimum atomic E-state index is -4.53. The van der Waals surface area contributed by atoms with Crippen molar-refractivity contribution in [2.45, 2.75) is 55.6 Å². The number of halogens is 4. The third-order valence-corrected chi connectivity index (χ3v) is 6.03. The van der Waals surface area contributed by atoms with E-state index in [2.05, 4.69) is 15.5 Å². The molecule has 1 N–H and O–H groups in total. The quantitative estimate of drug-likeness (QED) is 0.719. The number of carbonyl (C=O) groups is 1. The summed E-state index contributed by atoms with van der Waals surface area (Å²) in [6.45, 7) is 2.32. The fraction of sp³-hybridized carbons (Fsp3) is 0.588. The summed E-state index contributed by atoms with van der Waals surface area (Å²) in [5, 5.41) is 10.2. The average Bonchev–Trinajstić information content (AvgIpc) is 3.03. The van der Waals surface area contributed by atoms with E-state index in [9.17, 15) is 18.0 Å². The van der Waals surface area contributed by atoms with Crippen LogP contribution in [0.15, 0.2) is 17.4 Å². The van der Waals surface area contributed by atoms with Gasteiger partial charge in [-0.05, 0) is 31.7 Å². The van der Waals surface area contributed by atoms with Crippen LogP contribution in [-0.2, 0) is 11.0 Å². The number of amides is 1. The van der Waals surface area contributed by atoms with Crippen LogP contribution in [0.4, 0.5) is 13.2 Å². The topological polar surface area (TPSA) is 59.3 Å². The Morgan fingerprint density at radius 3 is 2.74 bits per heavy atom. The van der Waals surface area contributed by atoms with Crippen molar-refractivity contribution < 1.29 is 18.0 Å². The third kappa shape index (κ3) is 4.87. The summed E-state index contributed by atoms with van der Waals surface area (Å²) in [6.07, 6.45) is 2.24. The minimum absolute atomic E-state index is 0.127. The Balaban J connectivity index is 1.69. The van der Waals surface area contributed by atoms with Gasteiger partial charge in [0.15, 0.2) is 10.8 Å². The van der Waals surface area contributed by atoms with E-state index in [1.807, 2.05) is 0 Å². The van der Waals surface area contributed by atoms with Gasteiger partial charge in [0.2, 0.25) is 5.91 Å². The summed E-state index contributed by atoms with van der Waals surface area (Å²) in [5.41, 5.74) is -0.766. The standard InChI is InChI=1S/C17H20ClF3N4OS/c1-10(15(26)22-8-11-5-3-2-4-6-11)27-16-24-23-14-13(18)7-12(9-25(14)16)17(19,20)21/h7,9-11H,2-6,8H2,1H3,(H,22,26). The fourth-order valence-corrected chi connectivity index (χ4v) is 4.25. The van der Waals surface area contributed by atoms with Gasteiger partial charge in [-0.25, -0.2) is 0 Å². The Morgan fingerprint density at radius 2 is 2.07 bits per heavy atom. The maximum atomic E-state index is 13.0. The van der Waals surface area contributed by atoms with Crippen LogP contribution in [0.25, 0.3) is 5.65 Å². The van der Waals surface area contributed by atoms with E-state index in [1.54, 1.807) is 6.92 Å². The first-order valence-electron chi connectivity index (χ1n) is 8.81. The van der Waals surface area contributed by atoms with Gasteiger partial charge in [-0.15, -0.1) is 10.2 Å². The van der Waals surface area contributed by atoms with E-state index >= 15 is 0 Å². The lowest BCUT2D eigenvalue weighted by molar-refractivity contribution is -0.137. The van der Waals surface area contributed by atoms with Gasteiger partial charge in [-0.1, -0.05) is 42.6 Å². The number of hydrogen-bond donors (Lipinski definition) is 1. The summed E-state index contributed by atoms with van der Waals surface area (Å²) in [6, 6.07) is 0.820. The maximum Gasteiger partial charge on any atom is 0.417 e. The predicted octanol–water partition coefficient (Wildman–Crippen LogP) is 4.58. The molecule has 27 heavy (non-hydrogen) atoms. The molecule has 1 amide bonds. The highest BCUT2D eigenvalue weighted by molar-refractivity contribution is 8.00. The van der Waals surface area contributed by atoms with Crippen molar-refractivity contribution in [3.63, 3.8) is 0 Å². The minimum Gasteiger partial charge on any atom is -0.355 e. The van der Waals surface area contributed by atoms with E-state index < -0.39 is 17.0 Å². The number of aromatic nitrogens is 3. The van der Waals surface area contributed by atoms with Crippen LogP contribution in [0.2, 0.25) is 5.02 Å². The molecular weight excluding hydrogens is 401 g/mol. The van der Waals surface area contributed by atoms with E-state index in [0.29, 0.717) is 12.5 Å². The Hall–Kier alpha value is -1.48. The lowest BCUT2D eigenvalue weighted by Crippen LogP contribution is -2.35. The summed E-state index contributed by atoms with van der Waals surface area (Å²) in [7, 11) is 0. The SMILES string of the molecule is CC(Sc1nnc2c(Cl)cc(C(F)(F)F)cn12)C(=O)NCC1CCCCC1. The monoisotopic (exact) mass is 420 g/mol. The molecule has 3 rings (SSSR count). The number of carbonyl (C=O) groups excluding carboxylic acids is 1. The molecule has 0 aliphatic heterocycles. The molecule has 148 valence electrons. The molecule has 1 aliphatic rings. The lowest BCUT2D eigenvalue weighted by atomic mass is 9.89. The van der Waals surface area contributed by atoms with Gasteiger partial charge in [0, 0.05) is 12.7 Å². The molecule has 10 heteroatoms. The molecule has 1 unspecified atom stereocenters. The molecule has 5 nitrogen and oxygen atoms in total. The molecule has 0 saturated heterocycles. The Bertz CT molecular complexity index is 820. The molecule has 2 aromatic heterocycles. The number of alkyl halides is 3. The number of thioether (sulfide) groups is 1. The van der Waals surface area contributed by atoms with Crippen LogP contribution in [0.5, 0.6) is 0 Å². The van der Waals surface area contributed by atoms with Crippen molar-refractivity contribution in [1.29, 1.82) is 0 Å². The Kier molecular flexibility index (Phi) is 6.20. The van der Waals surface area contributed by atoms with Crippen LogP contribution in [-0.4, -0.2) is 32.3 Å². The summed E-state index contributed by atoms with van der Waals surface area (Å²) in [5.74, 6) is 0.336. The van der Waals surface area contributed by atoms with Crippen LogP contribution in [0.3, 0.4) is 0 Å². The zero-order valence-electron chi connectivity index (χ0n) is 14.7. The molecule has 1 saturated carbocycles. The highest BCUT2D eigenvalue weighted by atomic mass is 35.5. The van der Waals surface area contributed by atoms with Gasteiger partial charge in [-0.3, -0.25) is 9.20 Å². The zero-order chi connectivity index (χ0) is 19.6. The van der Waals surface area contributed by atoms with E-state index in [0.717, 1.165) is 36.9 Å². The summed E-state index contributed by atoms with van der Waals surface area (Å²) < 4.78 is 40.2. The highest BCUT2D eigenvalue weighted by Crippen LogP contribution is 2.34. The number of pyridine rings is 1. The van der Waals surface area contributed by atoms with Crippen molar-refractivity contribution in [3.05, 3.63) is 22.8 Å². The molecule has 0 radical (unpaired) electrons. The molecule has 0 spiro atoms. The largest absolute Gasteiger partial charge is 0.417 e. The number of fused-ring (bicyclic) bond motifs is 1. The molecule has 2 aromatic rings. The predicted molar refractivity (Wildman–Crippen MR) is 97.9 cm³/mol. The van der Waals surface area contributed by atoms with Gasteiger partial charge >= 0.3 is 6.18 Å². The molecule has 0 aromatic carbocycles. The van der Waals surface area contributed by atoms with E-state index in [-0.39, 0.29) is 21.7 Å².